The summed E-state index contributed by atoms with van der Waals surface area (Å²) in [4.78, 5) is 0. The number of hydrogen-bond donors (Lipinski definition) is 0. The molecule has 0 amide bonds. The van der Waals surface area contributed by atoms with Crippen molar-refractivity contribution in [3.05, 3.63) is 24.5 Å². The second-order valence-electron chi connectivity index (χ2n) is 6.22. The summed E-state index contributed by atoms with van der Waals surface area (Å²) in [5, 5.41) is 0. The molecule has 4 aliphatic carbocycles. The van der Waals surface area contributed by atoms with Crippen LogP contribution >= 0.6 is 18.6 Å². The molecule has 4 rings (SSSR count). The molecule has 3 saturated carbocycles. The first-order valence-electron chi connectivity index (χ1n) is 7.56. The van der Waals surface area contributed by atoms with Gasteiger partial charge in [0.15, 0.2) is 0 Å². The molecule has 2 radical (unpaired) electrons. The van der Waals surface area contributed by atoms with Gasteiger partial charge in [0.1, 0.15) is 0 Å². The van der Waals surface area contributed by atoms with Gasteiger partial charge in [-0.2, -0.15) is 0 Å². The van der Waals surface area contributed by atoms with E-state index in [-0.39, 0.29) is 0 Å². The van der Waals surface area contributed by atoms with Crippen LogP contribution in [0.5, 0.6) is 0 Å². The summed E-state index contributed by atoms with van der Waals surface area (Å²) in [5.74, 6) is 5.84. The number of fused-ring (bicyclic) bond motifs is 5. The first-order chi connectivity index (χ1) is 9.26. The molecule has 0 spiro atoms. The van der Waals surface area contributed by atoms with E-state index < -0.39 is 17.0 Å². The molecule has 2 bridgehead atoms. The molecule has 0 aromatic carbocycles. The van der Waals surface area contributed by atoms with Crippen LogP contribution in [-0.2, 0) is 17.0 Å². The molecule has 0 heterocycles. The van der Waals surface area contributed by atoms with Crippen LogP contribution in [0, 0.1) is 36.0 Å². The predicted octanol–water partition coefficient (Wildman–Crippen LogP) is 5.95. The Labute approximate surface area is 135 Å². The molecule has 4 aliphatic rings. The van der Waals surface area contributed by atoms with E-state index in [1.165, 1.54) is 44.9 Å². The molecule has 4 atom stereocenters. The van der Waals surface area contributed by atoms with E-state index in [0.29, 0.717) is 0 Å². The topological polar surface area (TPSA) is 0 Å². The third kappa shape index (κ3) is 4.50. The summed E-state index contributed by atoms with van der Waals surface area (Å²) in [7, 11) is 9.78. The standard InChI is InChI=1S/C10H14.C6H10.2ClH.Ti/c1-2-9-7-4-5-8(6-7)10(9)3-1;1-6-4-2-3-5-6;;;/h4-5,7-10H,1-3,6H2;4H,2-3,5H2,1H3;2*1H;/q;;;;+2/p-2. The maximum atomic E-state index is 4.89. The van der Waals surface area contributed by atoms with Gasteiger partial charge in [-0.3, -0.25) is 0 Å². The van der Waals surface area contributed by atoms with E-state index in [1.54, 1.807) is 5.92 Å². The molecule has 0 N–H and O–H groups in total. The van der Waals surface area contributed by atoms with Gasteiger partial charge in [-0.1, -0.05) is 31.9 Å². The molecular formula is C16H24Cl2Ti. The zero-order valence-corrected chi connectivity index (χ0v) is 14.8. The average molecular weight is 335 g/mol. The molecule has 3 fully saturated rings. The summed E-state index contributed by atoms with van der Waals surface area (Å²) < 4.78 is 0. The van der Waals surface area contributed by atoms with Gasteiger partial charge in [0, 0.05) is 0 Å². The second-order valence-corrected chi connectivity index (χ2v) is 8.80. The van der Waals surface area contributed by atoms with Gasteiger partial charge in [0.05, 0.1) is 0 Å². The number of rotatable bonds is 0. The Morgan fingerprint density at radius 1 is 1.05 bits per heavy atom. The molecule has 19 heavy (non-hydrogen) atoms. The van der Waals surface area contributed by atoms with Crippen molar-refractivity contribution in [1.82, 2.24) is 0 Å². The van der Waals surface area contributed by atoms with Crippen LogP contribution in [0.2, 0.25) is 0 Å². The zero-order valence-electron chi connectivity index (χ0n) is 11.7. The Balaban J connectivity index is 0.000000128. The van der Waals surface area contributed by atoms with E-state index in [4.69, 9.17) is 18.6 Å². The third-order valence-electron chi connectivity index (χ3n) is 5.14. The first-order valence-corrected chi connectivity index (χ1v) is 11.9. The van der Waals surface area contributed by atoms with Gasteiger partial charge in [-0.05, 0) is 68.1 Å². The summed E-state index contributed by atoms with van der Waals surface area (Å²) in [6.07, 6.45) is 17.5. The molecule has 0 aromatic rings. The van der Waals surface area contributed by atoms with Crippen molar-refractivity contribution in [2.24, 2.45) is 23.7 Å². The molecule has 4 unspecified atom stereocenters. The van der Waals surface area contributed by atoms with Crippen molar-refractivity contribution in [2.75, 3.05) is 0 Å². The summed E-state index contributed by atoms with van der Waals surface area (Å²) >= 11 is -0.556. The Bertz CT molecular complexity index is 268. The fourth-order valence-electron chi connectivity index (χ4n) is 4.30. The van der Waals surface area contributed by atoms with E-state index in [2.05, 4.69) is 25.5 Å². The van der Waals surface area contributed by atoms with Crippen molar-refractivity contribution in [3.8, 4) is 0 Å². The third-order valence-corrected chi connectivity index (χ3v) is 5.14. The van der Waals surface area contributed by atoms with Gasteiger partial charge < -0.3 is 0 Å². The summed E-state index contributed by atoms with van der Waals surface area (Å²) in [6, 6.07) is 0. The number of halogens is 2. The maximum absolute atomic E-state index is 4.89. The van der Waals surface area contributed by atoms with Crippen LogP contribution in [0.15, 0.2) is 12.2 Å². The quantitative estimate of drug-likeness (QED) is 0.379. The van der Waals surface area contributed by atoms with Crippen LogP contribution in [0.25, 0.3) is 0 Å². The normalized spacial score (nSPS) is 38.3. The fraction of sp³-hybridized carbons (Fsp3) is 0.750. The van der Waals surface area contributed by atoms with Gasteiger partial charge in [-0.25, -0.2) is 0 Å². The molecular weight excluding hydrogens is 311 g/mol. The average Bonchev–Trinajstić information content (AvgIpc) is 3.14. The van der Waals surface area contributed by atoms with E-state index >= 15 is 0 Å². The van der Waals surface area contributed by atoms with Crippen LogP contribution in [0.4, 0.5) is 0 Å². The van der Waals surface area contributed by atoms with Gasteiger partial charge >= 0.3 is 35.6 Å². The Hall–Kier alpha value is 1.03. The fourth-order valence-corrected chi connectivity index (χ4v) is 4.30. The summed E-state index contributed by atoms with van der Waals surface area (Å²) in [6.45, 7) is 2.20. The SMILES string of the molecule is C1=CC2CC1C1CCCC21.C[C]1[CH]CCC1.[Cl][Ti][Cl]. The Morgan fingerprint density at radius 2 is 1.63 bits per heavy atom. The number of hydrogen-bond acceptors (Lipinski definition) is 0. The van der Waals surface area contributed by atoms with Crippen LogP contribution in [-0.4, -0.2) is 0 Å². The van der Waals surface area contributed by atoms with Gasteiger partial charge in [0.2, 0.25) is 0 Å². The zero-order chi connectivity index (χ0) is 13.7. The predicted molar refractivity (Wildman–Crippen MR) is 80.3 cm³/mol. The minimum atomic E-state index is -0.556. The summed E-state index contributed by atoms with van der Waals surface area (Å²) in [5.41, 5.74) is 0. The Morgan fingerprint density at radius 3 is 2.00 bits per heavy atom. The van der Waals surface area contributed by atoms with Crippen molar-refractivity contribution in [3.63, 3.8) is 0 Å². The first kappa shape index (κ1) is 16.4. The molecule has 3 heteroatoms. The van der Waals surface area contributed by atoms with Crippen LogP contribution < -0.4 is 0 Å². The molecule has 0 aliphatic heterocycles. The minimum absolute atomic E-state index is 0.556. The van der Waals surface area contributed by atoms with Gasteiger partial charge in [0.25, 0.3) is 0 Å². The van der Waals surface area contributed by atoms with Crippen molar-refractivity contribution in [1.29, 1.82) is 0 Å². The molecule has 0 aromatic heterocycles. The van der Waals surface area contributed by atoms with Crippen LogP contribution in [0.3, 0.4) is 0 Å². The van der Waals surface area contributed by atoms with Crippen molar-refractivity contribution in [2.45, 2.75) is 51.9 Å². The van der Waals surface area contributed by atoms with Crippen molar-refractivity contribution >= 4 is 18.6 Å². The van der Waals surface area contributed by atoms with Crippen molar-refractivity contribution < 1.29 is 17.0 Å². The Kier molecular flexibility index (Phi) is 7.31. The number of allylic oxidation sites excluding steroid dienone is 2. The molecule has 0 saturated heterocycles. The van der Waals surface area contributed by atoms with E-state index in [9.17, 15) is 0 Å². The van der Waals surface area contributed by atoms with E-state index in [0.717, 1.165) is 23.7 Å². The second kappa shape index (κ2) is 8.47. The molecule has 0 nitrogen and oxygen atoms in total. The van der Waals surface area contributed by atoms with E-state index in [1.807, 2.05) is 0 Å². The monoisotopic (exact) mass is 334 g/mol. The molecule has 106 valence electrons. The van der Waals surface area contributed by atoms with Gasteiger partial charge in [-0.15, -0.1) is 0 Å². The van der Waals surface area contributed by atoms with Crippen LogP contribution in [0.1, 0.15) is 51.9 Å².